The van der Waals surface area contributed by atoms with E-state index in [1.54, 1.807) is 12.1 Å². The Kier molecular flexibility index (Phi) is 5.83. The van der Waals surface area contributed by atoms with E-state index in [-0.39, 0.29) is 30.8 Å². The van der Waals surface area contributed by atoms with Gasteiger partial charge in [0.1, 0.15) is 24.2 Å². The van der Waals surface area contributed by atoms with Crippen molar-refractivity contribution in [1.82, 2.24) is 20.3 Å². The summed E-state index contributed by atoms with van der Waals surface area (Å²) >= 11 is 0. The molecule has 0 saturated carbocycles. The summed E-state index contributed by atoms with van der Waals surface area (Å²) in [5.41, 5.74) is -0.233. The number of carbonyl (C=O) groups is 2. The summed E-state index contributed by atoms with van der Waals surface area (Å²) in [5.74, 6) is -1.58. The number of amides is 1. The average Bonchev–Trinajstić information content (AvgIpc) is 3.00. The van der Waals surface area contributed by atoms with Gasteiger partial charge in [-0.25, -0.2) is 13.9 Å². The fourth-order valence-corrected chi connectivity index (χ4v) is 1.91. The lowest BCUT2D eigenvalue weighted by Gasteiger charge is -2.18. The molecule has 0 saturated heterocycles. The van der Waals surface area contributed by atoms with Crippen LogP contribution in [0.2, 0.25) is 0 Å². The number of benzene rings is 1. The third-order valence-electron chi connectivity index (χ3n) is 3.14. The van der Waals surface area contributed by atoms with Crippen molar-refractivity contribution in [1.29, 1.82) is 0 Å². The predicted octanol–water partition coefficient (Wildman–Crippen LogP) is 1.09. The molecule has 2 N–H and O–H groups in total. The zero-order valence-corrected chi connectivity index (χ0v) is 13.0. The van der Waals surface area contributed by atoms with Crippen LogP contribution in [0.3, 0.4) is 0 Å². The van der Waals surface area contributed by atoms with Gasteiger partial charge in [0.2, 0.25) is 5.91 Å². The number of hydrogen-bond acceptors (Lipinski definition) is 5. The molecule has 1 aromatic carbocycles. The van der Waals surface area contributed by atoms with Crippen LogP contribution in [0.1, 0.15) is 23.8 Å². The smallest absolute Gasteiger partial charge is 0.358 e. The quantitative estimate of drug-likeness (QED) is 0.747. The number of carboxylic acid groups (broad SMARTS) is 1. The summed E-state index contributed by atoms with van der Waals surface area (Å²) in [5, 5.41) is 18.4. The van der Waals surface area contributed by atoms with Crippen molar-refractivity contribution in [2.75, 3.05) is 6.54 Å². The molecule has 1 atom stereocenters. The molecule has 24 heavy (non-hydrogen) atoms. The molecule has 1 heterocycles. The van der Waals surface area contributed by atoms with E-state index in [1.165, 1.54) is 18.3 Å². The van der Waals surface area contributed by atoms with Crippen LogP contribution < -0.4 is 10.1 Å². The first-order chi connectivity index (χ1) is 11.5. The number of nitrogens with one attached hydrogen (secondary N) is 1. The Morgan fingerprint density at radius 2 is 2.25 bits per heavy atom. The zero-order chi connectivity index (χ0) is 17.5. The van der Waals surface area contributed by atoms with Crippen LogP contribution in [0, 0.1) is 5.82 Å². The highest BCUT2D eigenvalue weighted by Gasteiger charge is 2.13. The summed E-state index contributed by atoms with van der Waals surface area (Å²) in [7, 11) is 0. The molecular weight excluding hydrogens is 319 g/mol. The summed E-state index contributed by atoms with van der Waals surface area (Å²) in [4.78, 5) is 22.5. The third-order valence-corrected chi connectivity index (χ3v) is 3.14. The van der Waals surface area contributed by atoms with Crippen LogP contribution in [0.4, 0.5) is 4.39 Å². The summed E-state index contributed by atoms with van der Waals surface area (Å²) < 4.78 is 19.9. The van der Waals surface area contributed by atoms with E-state index >= 15 is 0 Å². The first kappa shape index (κ1) is 17.4. The minimum Gasteiger partial charge on any atom is -0.489 e. The first-order valence-corrected chi connectivity index (χ1v) is 7.30. The average molecular weight is 336 g/mol. The van der Waals surface area contributed by atoms with Crippen molar-refractivity contribution in [2.24, 2.45) is 0 Å². The number of carboxylic acids is 1. The van der Waals surface area contributed by atoms with Gasteiger partial charge in [-0.3, -0.25) is 4.79 Å². The van der Waals surface area contributed by atoms with Crippen LogP contribution in [0.25, 0.3) is 0 Å². The highest BCUT2D eigenvalue weighted by molar-refractivity contribution is 5.84. The predicted molar refractivity (Wildman–Crippen MR) is 81.1 cm³/mol. The minimum atomic E-state index is -1.21. The SMILES string of the molecule is CCC(CNC(=O)Cn1cc(C(=O)O)nn1)Oc1cccc(F)c1. The van der Waals surface area contributed by atoms with Gasteiger partial charge in [-0.05, 0) is 18.6 Å². The van der Waals surface area contributed by atoms with Gasteiger partial charge in [0, 0.05) is 6.07 Å². The molecule has 0 bridgehead atoms. The lowest BCUT2D eigenvalue weighted by molar-refractivity contribution is -0.122. The number of aromatic carboxylic acids is 1. The van der Waals surface area contributed by atoms with Crippen LogP contribution in [-0.4, -0.2) is 44.6 Å². The molecule has 0 fully saturated rings. The largest absolute Gasteiger partial charge is 0.489 e. The van der Waals surface area contributed by atoms with Gasteiger partial charge < -0.3 is 15.2 Å². The van der Waals surface area contributed by atoms with Crippen molar-refractivity contribution in [3.63, 3.8) is 0 Å². The van der Waals surface area contributed by atoms with Crippen molar-refractivity contribution in [2.45, 2.75) is 26.0 Å². The number of halogens is 1. The molecule has 0 aliphatic carbocycles. The zero-order valence-electron chi connectivity index (χ0n) is 13.0. The van der Waals surface area contributed by atoms with E-state index in [0.717, 1.165) is 4.68 Å². The number of rotatable bonds is 8. The topological polar surface area (TPSA) is 106 Å². The minimum absolute atomic E-state index is 0.156. The second-order valence-electron chi connectivity index (χ2n) is 5.02. The molecule has 1 aromatic heterocycles. The number of hydrogen-bond donors (Lipinski definition) is 2. The van der Waals surface area contributed by atoms with Gasteiger partial charge in [-0.15, -0.1) is 5.10 Å². The highest BCUT2D eigenvalue weighted by Crippen LogP contribution is 2.14. The molecule has 0 spiro atoms. The molecule has 2 aromatic rings. The lowest BCUT2D eigenvalue weighted by Crippen LogP contribution is -2.36. The number of ether oxygens (including phenoxy) is 1. The van der Waals surface area contributed by atoms with Gasteiger partial charge in [0.25, 0.3) is 0 Å². The second kappa shape index (κ2) is 8.04. The van der Waals surface area contributed by atoms with Gasteiger partial charge in [-0.1, -0.05) is 18.2 Å². The van der Waals surface area contributed by atoms with Crippen molar-refractivity contribution >= 4 is 11.9 Å². The summed E-state index contributed by atoms with van der Waals surface area (Å²) in [6.07, 6.45) is 1.47. The Balaban J connectivity index is 1.83. The number of nitrogens with zero attached hydrogens (tertiary/aromatic N) is 3. The molecule has 1 amide bonds. The van der Waals surface area contributed by atoms with Gasteiger partial charge in [0.05, 0.1) is 12.7 Å². The standard InChI is InChI=1S/C15H17FN4O4/c1-2-11(24-12-5-3-4-10(16)6-12)7-17-14(21)9-20-8-13(15(22)23)18-19-20/h3-6,8,11H,2,7,9H2,1H3,(H,17,21)(H,22,23). The van der Waals surface area contributed by atoms with Crippen molar-refractivity contribution in [3.05, 3.63) is 42.0 Å². The Morgan fingerprint density at radius 1 is 1.46 bits per heavy atom. The van der Waals surface area contributed by atoms with Crippen molar-refractivity contribution in [3.8, 4) is 5.75 Å². The number of carbonyl (C=O) groups excluding carboxylic acids is 1. The summed E-state index contributed by atoms with van der Waals surface area (Å²) in [6, 6.07) is 5.77. The maximum Gasteiger partial charge on any atom is 0.358 e. The van der Waals surface area contributed by atoms with E-state index in [0.29, 0.717) is 12.2 Å². The second-order valence-corrected chi connectivity index (χ2v) is 5.02. The van der Waals surface area contributed by atoms with E-state index in [1.807, 2.05) is 6.92 Å². The highest BCUT2D eigenvalue weighted by atomic mass is 19.1. The molecule has 0 aliphatic rings. The maximum atomic E-state index is 13.1. The Labute approximate surface area is 137 Å². The third kappa shape index (κ3) is 5.04. The Bertz CT molecular complexity index is 719. The summed E-state index contributed by atoms with van der Waals surface area (Å²) in [6.45, 7) is 1.95. The molecule has 0 radical (unpaired) electrons. The monoisotopic (exact) mass is 336 g/mol. The van der Waals surface area contributed by atoms with Crippen molar-refractivity contribution < 1.29 is 23.8 Å². The lowest BCUT2D eigenvalue weighted by atomic mass is 10.2. The molecule has 9 heteroatoms. The van der Waals surface area contributed by atoms with Crippen LogP contribution in [0.5, 0.6) is 5.75 Å². The molecule has 128 valence electrons. The molecule has 8 nitrogen and oxygen atoms in total. The van der Waals surface area contributed by atoms with Crippen LogP contribution >= 0.6 is 0 Å². The Hall–Kier alpha value is -2.97. The van der Waals surface area contributed by atoms with E-state index in [4.69, 9.17) is 9.84 Å². The fourth-order valence-electron chi connectivity index (χ4n) is 1.91. The molecule has 1 unspecified atom stereocenters. The Morgan fingerprint density at radius 3 is 2.88 bits per heavy atom. The van der Waals surface area contributed by atoms with Crippen LogP contribution in [-0.2, 0) is 11.3 Å². The maximum absolute atomic E-state index is 13.1. The van der Waals surface area contributed by atoms with Crippen LogP contribution in [0.15, 0.2) is 30.5 Å². The van der Waals surface area contributed by atoms with E-state index in [2.05, 4.69) is 15.6 Å². The molecular formula is C15H17FN4O4. The number of aromatic nitrogens is 3. The molecule has 0 aliphatic heterocycles. The first-order valence-electron chi connectivity index (χ1n) is 7.30. The van der Waals surface area contributed by atoms with E-state index in [9.17, 15) is 14.0 Å². The van der Waals surface area contributed by atoms with Gasteiger partial charge >= 0.3 is 5.97 Å². The molecule has 2 rings (SSSR count). The van der Waals surface area contributed by atoms with Gasteiger partial charge in [0.15, 0.2) is 5.69 Å². The normalized spacial score (nSPS) is 11.8. The van der Waals surface area contributed by atoms with E-state index < -0.39 is 11.8 Å². The van der Waals surface area contributed by atoms with Gasteiger partial charge in [-0.2, -0.15) is 0 Å². The fraction of sp³-hybridized carbons (Fsp3) is 0.333.